The lowest BCUT2D eigenvalue weighted by molar-refractivity contribution is 0.647. The molecule has 4 aromatic rings. The van der Waals surface area contributed by atoms with E-state index in [1.165, 1.54) is 11.1 Å². The Morgan fingerprint density at radius 1 is 0.931 bits per heavy atom. The predicted octanol–water partition coefficient (Wildman–Crippen LogP) is 6.58. The van der Waals surface area contributed by atoms with Gasteiger partial charge in [-0.2, -0.15) is 4.98 Å². The van der Waals surface area contributed by atoms with Crippen LogP contribution in [0.5, 0.6) is 0 Å². The molecular formula is C24H23BrN4. The zero-order valence-electron chi connectivity index (χ0n) is 16.5. The smallest absolute Gasteiger partial charge is 0.222 e. The van der Waals surface area contributed by atoms with Crippen molar-refractivity contribution in [1.29, 1.82) is 0 Å². The van der Waals surface area contributed by atoms with Crippen molar-refractivity contribution in [2.45, 2.75) is 20.3 Å². The molecule has 3 N–H and O–H groups in total. The third kappa shape index (κ3) is 4.57. The summed E-state index contributed by atoms with van der Waals surface area (Å²) in [5.41, 5.74) is 11.3. The van der Waals surface area contributed by atoms with Gasteiger partial charge in [0.1, 0.15) is 5.82 Å². The van der Waals surface area contributed by atoms with Crippen LogP contribution in [0.15, 0.2) is 71.2 Å². The Morgan fingerprint density at radius 2 is 1.69 bits per heavy atom. The first kappa shape index (κ1) is 19.4. The van der Waals surface area contributed by atoms with E-state index in [9.17, 15) is 0 Å². The van der Waals surface area contributed by atoms with Crippen LogP contribution in [-0.2, 0) is 6.42 Å². The second-order valence-electron chi connectivity index (χ2n) is 7.59. The van der Waals surface area contributed by atoms with Gasteiger partial charge >= 0.3 is 0 Å². The lowest BCUT2D eigenvalue weighted by Crippen LogP contribution is -2.01. The molecule has 1 aromatic heterocycles. The number of rotatable bonds is 5. The van der Waals surface area contributed by atoms with Gasteiger partial charge in [-0.05, 0) is 59.4 Å². The van der Waals surface area contributed by atoms with Crippen molar-refractivity contribution in [3.05, 3.63) is 76.8 Å². The molecule has 0 aliphatic heterocycles. The topological polar surface area (TPSA) is 63.8 Å². The number of fused-ring (bicyclic) bond motifs is 1. The molecule has 29 heavy (non-hydrogen) atoms. The van der Waals surface area contributed by atoms with Crippen molar-refractivity contribution in [3.63, 3.8) is 0 Å². The van der Waals surface area contributed by atoms with Crippen LogP contribution in [0.2, 0.25) is 0 Å². The Balaban J connectivity index is 1.73. The van der Waals surface area contributed by atoms with E-state index in [0.717, 1.165) is 33.0 Å². The largest absolute Gasteiger partial charge is 0.368 e. The second kappa shape index (κ2) is 8.21. The van der Waals surface area contributed by atoms with Crippen molar-refractivity contribution < 1.29 is 0 Å². The van der Waals surface area contributed by atoms with Gasteiger partial charge in [-0.1, -0.05) is 66.2 Å². The van der Waals surface area contributed by atoms with Crippen LogP contribution in [0.1, 0.15) is 19.4 Å². The first-order valence-electron chi connectivity index (χ1n) is 9.67. The summed E-state index contributed by atoms with van der Waals surface area (Å²) in [4.78, 5) is 8.84. The van der Waals surface area contributed by atoms with Crippen molar-refractivity contribution in [1.82, 2.24) is 9.97 Å². The molecule has 0 fully saturated rings. The number of nitrogens with zero attached hydrogens (tertiary/aromatic N) is 2. The third-order valence-electron chi connectivity index (χ3n) is 4.73. The number of halogens is 1. The number of aromatic nitrogens is 2. The maximum Gasteiger partial charge on any atom is 0.222 e. The van der Waals surface area contributed by atoms with Gasteiger partial charge < -0.3 is 11.1 Å². The van der Waals surface area contributed by atoms with E-state index in [4.69, 9.17) is 5.73 Å². The summed E-state index contributed by atoms with van der Waals surface area (Å²) in [6.07, 6.45) is 1.09. The van der Waals surface area contributed by atoms with Gasteiger partial charge in [-0.15, -0.1) is 0 Å². The number of anilines is 3. The van der Waals surface area contributed by atoms with E-state index >= 15 is 0 Å². The van der Waals surface area contributed by atoms with E-state index in [1.54, 1.807) is 0 Å². The SMILES string of the molecule is CC(C)Cc1ccc(-c2ccc3nc(N)nc(Nc4cccc(Br)c4)c3c2)cc1. The van der Waals surface area contributed by atoms with Crippen molar-refractivity contribution in [3.8, 4) is 11.1 Å². The summed E-state index contributed by atoms with van der Waals surface area (Å²) >= 11 is 3.50. The quantitative estimate of drug-likeness (QED) is 0.363. The van der Waals surface area contributed by atoms with Crippen molar-refractivity contribution in [2.24, 2.45) is 5.92 Å². The van der Waals surface area contributed by atoms with Gasteiger partial charge in [0, 0.05) is 15.5 Å². The number of benzene rings is 3. The highest BCUT2D eigenvalue weighted by Crippen LogP contribution is 2.30. The molecule has 0 aliphatic rings. The first-order chi connectivity index (χ1) is 14.0. The Labute approximate surface area is 179 Å². The van der Waals surface area contributed by atoms with Gasteiger partial charge in [0.05, 0.1) is 5.52 Å². The van der Waals surface area contributed by atoms with Crippen LogP contribution in [0, 0.1) is 5.92 Å². The second-order valence-corrected chi connectivity index (χ2v) is 8.51. The van der Waals surface area contributed by atoms with Crippen molar-refractivity contribution in [2.75, 3.05) is 11.1 Å². The summed E-state index contributed by atoms with van der Waals surface area (Å²) in [5, 5.41) is 4.31. The molecule has 0 atom stereocenters. The Morgan fingerprint density at radius 3 is 2.41 bits per heavy atom. The summed E-state index contributed by atoms with van der Waals surface area (Å²) in [7, 11) is 0. The minimum atomic E-state index is 0.251. The summed E-state index contributed by atoms with van der Waals surface area (Å²) in [5.74, 6) is 1.60. The molecule has 1 heterocycles. The minimum absolute atomic E-state index is 0.251. The number of hydrogen-bond donors (Lipinski definition) is 2. The number of nitrogens with two attached hydrogens (primary N) is 1. The highest BCUT2D eigenvalue weighted by molar-refractivity contribution is 9.10. The summed E-state index contributed by atoms with van der Waals surface area (Å²) in [6.45, 7) is 4.48. The molecule has 0 amide bonds. The standard InChI is InChI=1S/C24H23BrN4/c1-15(2)12-16-6-8-17(9-7-16)18-10-11-22-21(13-18)23(29-24(26)28-22)27-20-5-3-4-19(25)14-20/h3-11,13-15H,12H2,1-2H3,(H3,26,27,28,29). The zero-order chi connectivity index (χ0) is 20.4. The van der Waals surface area contributed by atoms with E-state index in [-0.39, 0.29) is 5.95 Å². The normalized spacial score (nSPS) is 11.2. The molecule has 0 aliphatic carbocycles. The Bertz CT molecular complexity index is 1150. The molecule has 0 bridgehead atoms. The van der Waals surface area contributed by atoms with Gasteiger partial charge in [-0.3, -0.25) is 0 Å². The highest BCUT2D eigenvalue weighted by Gasteiger charge is 2.09. The average Bonchev–Trinajstić information content (AvgIpc) is 2.68. The van der Waals surface area contributed by atoms with E-state index < -0.39 is 0 Å². The molecular weight excluding hydrogens is 424 g/mol. The lowest BCUT2D eigenvalue weighted by Gasteiger charge is -2.12. The van der Waals surface area contributed by atoms with Gasteiger partial charge in [0.25, 0.3) is 0 Å². The number of hydrogen-bond acceptors (Lipinski definition) is 4. The van der Waals surface area contributed by atoms with Gasteiger partial charge in [0.2, 0.25) is 5.95 Å². The lowest BCUT2D eigenvalue weighted by atomic mass is 9.98. The zero-order valence-corrected chi connectivity index (χ0v) is 18.1. The van der Waals surface area contributed by atoms with Crippen molar-refractivity contribution >= 4 is 44.3 Å². The van der Waals surface area contributed by atoms with Crippen LogP contribution in [0.4, 0.5) is 17.5 Å². The predicted molar refractivity (Wildman–Crippen MR) is 125 cm³/mol. The van der Waals surface area contributed by atoms with Crippen LogP contribution >= 0.6 is 15.9 Å². The van der Waals surface area contributed by atoms with Crippen LogP contribution < -0.4 is 11.1 Å². The molecule has 5 heteroatoms. The molecule has 0 spiro atoms. The van der Waals surface area contributed by atoms with Gasteiger partial charge in [-0.25, -0.2) is 4.98 Å². The summed E-state index contributed by atoms with van der Waals surface area (Å²) in [6, 6.07) is 22.9. The average molecular weight is 447 g/mol. The minimum Gasteiger partial charge on any atom is -0.368 e. The fourth-order valence-corrected chi connectivity index (χ4v) is 3.83. The van der Waals surface area contributed by atoms with E-state index in [0.29, 0.717) is 11.7 Å². The molecule has 146 valence electrons. The molecule has 0 radical (unpaired) electrons. The van der Waals surface area contributed by atoms with Crippen LogP contribution in [0.25, 0.3) is 22.0 Å². The van der Waals surface area contributed by atoms with Crippen LogP contribution in [-0.4, -0.2) is 9.97 Å². The Hall–Kier alpha value is -2.92. The van der Waals surface area contributed by atoms with Gasteiger partial charge in [0.15, 0.2) is 0 Å². The highest BCUT2D eigenvalue weighted by atomic mass is 79.9. The number of nitrogen functional groups attached to an aromatic ring is 1. The Kier molecular flexibility index (Phi) is 5.49. The molecule has 4 rings (SSSR count). The molecule has 4 nitrogen and oxygen atoms in total. The molecule has 0 saturated heterocycles. The molecule has 3 aromatic carbocycles. The maximum absolute atomic E-state index is 5.94. The van der Waals surface area contributed by atoms with Crippen LogP contribution in [0.3, 0.4) is 0 Å². The monoisotopic (exact) mass is 446 g/mol. The number of nitrogens with one attached hydrogen (secondary N) is 1. The fraction of sp³-hybridized carbons (Fsp3) is 0.167. The first-order valence-corrected chi connectivity index (χ1v) is 10.5. The van der Waals surface area contributed by atoms with E-state index in [2.05, 4.69) is 81.5 Å². The molecule has 0 unspecified atom stereocenters. The van der Waals surface area contributed by atoms with E-state index in [1.807, 2.05) is 30.3 Å². The maximum atomic E-state index is 5.94. The fourth-order valence-electron chi connectivity index (χ4n) is 3.43. The summed E-state index contributed by atoms with van der Waals surface area (Å²) < 4.78 is 0.996. The third-order valence-corrected chi connectivity index (χ3v) is 5.22. The molecule has 0 saturated carbocycles.